The number of anilines is 1. The Morgan fingerprint density at radius 3 is 2.51 bits per heavy atom. The highest BCUT2D eigenvalue weighted by atomic mass is 32.1. The van der Waals surface area contributed by atoms with Gasteiger partial charge in [-0.2, -0.15) is 0 Å². The zero-order chi connectivity index (χ0) is 25.8. The van der Waals surface area contributed by atoms with Crippen molar-refractivity contribution in [1.82, 2.24) is 14.9 Å². The molecule has 2 aromatic carbocycles. The van der Waals surface area contributed by atoms with Gasteiger partial charge in [0.25, 0.3) is 5.91 Å². The van der Waals surface area contributed by atoms with Crippen molar-refractivity contribution < 1.29 is 9.53 Å². The van der Waals surface area contributed by atoms with Gasteiger partial charge in [0, 0.05) is 18.5 Å². The summed E-state index contributed by atoms with van der Waals surface area (Å²) >= 11 is 3.15. The molecule has 0 radical (unpaired) electrons. The summed E-state index contributed by atoms with van der Waals surface area (Å²) in [6.07, 6.45) is 0. The largest absolute Gasteiger partial charge is 0.494 e. The monoisotopic (exact) mass is 530 g/mol. The van der Waals surface area contributed by atoms with E-state index in [0.29, 0.717) is 23.8 Å². The highest BCUT2D eigenvalue weighted by Crippen LogP contribution is 2.34. The summed E-state index contributed by atoms with van der Waals surface area (Å²) in [4.78, 5) is 29.3. The zero-order valence-electron chi connectivity index (χ0n) is 21.3. The minimum atomic E-state index is -0.0624. The standard InChI is InChI=1S/C29H30N4O2S2/c1-4-32(5-2)15-16-33(29-31-24-14-13-20(35-6-3)18-27(24)37-29)28(34)22-19-25(26-12-9-17-36-26)30-23-11-8-7-10-21(22)23/h7-14,17-19H,4-6,15-16H2,1-3H3. The molecule has 0 aliphatic rings. The number of nitrogens with zero attached hydrogens (tertiary/aromatic N) is 4. The number of amides is 1. The molecule has 5 aromatic rings. The number of carbonyl (C=O) groups excluding carboxylic acids is 1. The van der Waals surface area contributed by atoms with E-state index in [4.69, 9.17) is 14.7 Å². The topological polar surface area (TPSA) is 58.6 Å². The molecule has 1 amide bonds. The molecule has 190 valence electrons. The lowest BCUT2D eigenvalue weighted by atomic mass is 10.1. The molecule has 0 aliphatic carbocycles. The number of benzene rings is 2. The Kier molecular flexibility index (Phi) is 7.79. The van der Waals surface area contributed by atoms with Crippen LogP contribution in [0.3, 0.4) is 0 Å². The van der Waals surface area contributed by atoms with Crippen LogP contribution in [0.1, 0.15) is 31.1 Å². The highest BCUT2D eigenvalue weighted by molar-refractivity contribution is 7.22. The molecular weight excluding hydrogens is 500 g/mol. The van der Waals surface area contributed by atoms with E-state index in [2.05, 4.69) is 18.7 Å². The lowest BCUT2D eigenvalue weighted by Gasteiger charge is -2.25. The average molecular weight is 531 g/mol. The number of thiophene rings is 1. The predicted octanol–water partition coefficient (Wildman–Crippen LogP) is 6.96. The van der Waals surface area contributed by atoms with Gasteiger partial charge in [-0.25, -0.2) is 9.97 Å². The van der Waals surface area contributed by atoms with E-state index in [1.807, 2.05) is 77.9 Å². The van der Waals surface area contributed by atoms with Gasteiger partial charge in [0.1, 0.15) is 5.75 Å². The third-order valence-corrected chi connectivity index (χ3v) is 8.32. The molecular formula is C29H30N4O2S2. The first-order valence-corrected chi connectivity index (χ1v) is 14.3. The fourth-order valence-electron chi connectivity index (χ4n) is 4.38. The van der Waals surface area contributed by atoms with Gasteiger partial charge in [0.2, 0.25) is 0 Å². The molecule has 0 unspecified atom stereocenters. The van der Waals surface area contributed by atoms with Crippen LogP contribution in [0.15, 0.2) is 66.0 Å². The Bertz CT molecular complexity index is 1510. The number of thiazole rings is 1. The molecule has 3 heterocycles. The number of aromatic nitrogens is 2. The molecule has 5 rings (SSSR count). The molecule has 0 saturated carbocycles. The smallest absolute Gasteiger partial charge is 0.260 e. The molecule has 8 heteroatoms. The van der Waals surface area contributed by atoms with Crippen LogP contribution in [0.25, 0.3) is 31.7 Å². The number of hydrogen-bond donors (Lipinski definition) is 0. The summed E-state index contributed by atoms with van der Waals surface area (Å²) in [7, 11) is 0. The lowest BCUT2D eigenvalue weighted by molar-refractivity contribution is 0.0985. The molecule has 0 atom stereocenters. The van der Waals surface area contributed by atoms with E-state index in [-0.39, 0.29) is 5.91 Å². The second-order valence-electron chi connectivity index (χ2n) is 8.59. The molecule has 3 aromatic heterocycles. The summed E-state index contributed by atoms with van der Waals surface area (Å²) in [5.41, 5.74) is 3.13. The molecule has 0 saturated heterocycles. The maximum Gasteiger partial charge on any atom is 0.260 e. The van der Waals surface area contributed by atoms with Crippen LogP contribution < -0.4 is 9.64 Å². The minimum Gasteiger partial charge on any atom is -0.494 e. The van der Waals surface area contributed by atoms with Crippen molar-refractivity contribution in [2.24, 2.45) is 0 Å². The van der Waals surface area contributed by atoms with Gasteiger partial charge in [-0.3, -0.25) is 9.69 Å². The van der Waals surface area contributed by atoms with Gasteiger partial charge in [0.15, 0.2) is 5.13 Å². The van der Waals surface area contributed by atoms with Crippen LogP contribution >= 0.6 is 22.7 Å². The van der Waals surface area contributed by atoms with Crippen LogP contribution in [-0.4, -0.2) is 53.6 Å². The van der Waals surface area contributed by atoms with Gasteiger partial charge in [0.05, 0.1) is 38.5 Å². The first-order chi connectivity index (χ1) is 18.1. The minimum absolute atomic E-state index is 0.0624. The van der Waals surface area contributed by atoms with E-state index < -0.39 is 0 Å². The van der Waals surface area contributed by atoms with Crippen LogP contribution in [0.5, 0.6) is 5.75 Å². The van der Waals surface area contributed by atoms with Gasteiger partial charge < -0.3 is 9.64 Å². The fourth-order valence-corrected chi connectivity index (χ4v) is 6.08. The number of para-hydroxylation sites is 1. The molecule has 37 heavy (non-hydrogen) atoms. The first-order valence-electron chi connectivity index (χ1n) is 12.6. The van der Waals surface area contributed by atoms with Gasteiger partial charge in [-0.05, 0) is 61.8 Å². The quantitative estimate of drug-likeness (QED) is 0.195. The van der Waals surface area contributed by atoms with E-state index in [1.54, 1.807) is 11.3 Å². The summed E-state index contributed by atoms with van der Waals surface area (Å²) in [5, 5.41) is 3.57. The number of ether oxygens (including phenoxy) is 1. The van der Waals surface area contributed by atoms with E-state index in [0.717, 1.165) is 57.1 Å². The van der Waals surface area contributed by atoms with Crippen LogP contribution in [-0.2, 0) is 0 Å². The Hall–Kier alpha value is -3.33. The second-order valence-corrected chi connectivity index (χ2v) is 10.5. The van der Waals surface area contributed by atoms with Crippen molar-refractivity contribution in [2.75, 3.05) is 37.7 Å². The summed E-state index contributed by atoms with van der Waals surface area (Å²) in [6.45, 7) is 10.0. The lowest BCUT2D eigenvalue weighted by Crippen LogP contribution is -2.39. The third-order valence-electron chi connectivity index (χ3n) is 6.39. The van der Waals surface area contributed by atoms with Crippen LogP contribution in [0.4, 0.5) is 5.13 Å². The SMILES string of the molecule is CCOc1ccc2nc(N(CCN(CC)CC)C(=O)c3cc(-c4cccs4)nc4ccccc34)sc2c1. The number of carbonyl (C=O) groups is 1. The summed E-state index contributed by atoms with van der Waals surface area (Å²) < 4.78 is 6.69. The van der Waals surface area contributed by atoms with E-state index in [9.17, 15) is 4.79 Å². The number of pyridine rings is 1. The Labute approximate surface area is 225 Å². The van der Waals surface area contributed by atoms with Crippen LogP contribution in [0.2, 0.25) is 0 Å². The van der Waals surface area contributed by atoms with Crippen molar-refractivity contribution in [3.8, 4) is 16.3 Å². The first kappa shape index (κ1) is 25.3. The fraction of sp³-hybridized carbons (Fsp3) is 0.276. The van der Waals surface area contributed by atoms with Crippen molar-refractivity contribution in [3.63, 3.8) is 0 Å². The third kappa shape index (κ3) is 5.37. The number of fused-ring (bicyclic) bond motifs is 2. The Morgan fingerprint density at radius 2 is 1.76 bits per heavy atom. The van der Waals surface area contributed by atoms with Crippen molar-refractivity contribution in [1.29, 1.82) is 0 Å². The van der Waals surface area contributed by atoms with Gasteiger partial charge in [-0.15, -0.1) is 11.3 Å². The predicted molar refractivity (Wildman–Crippen MR) is 155 cm³/mol. The molecule has 0 bridgehead atoms. The normalized spacial score (nSPS) is 11.5. The Morgan fingerprint density at radius 1 is 0.919 bits per heavy atom. The number of rotatable bonds is 10. The van der Waals surface area contributed by atoms with Crippen molar-refractivity contribution in [3.05, 3.63) is 71.6 Å². The van der Waals surface area contributed by atoms with Crippen molar-refractivity contribution >= 4 is 54.8 Å². The summed E-state index contributed by atoms with van der Waals surface area (Å²) in [5.74, 6) is 0.750. The molecule has 0 aliphatic heterocycles. The maximum absolute atomic E-state index is 14.3. The molecule has 0 N–H and O–H groups in total. The van der Waals surface area contributed by atoms with Gasteiger partial charge >= 0.3 is 0 Å². The summed E-state index contributed by atoms with van der Waals surface area (Å²) in [6, 6.07) is 19.7. The van der Waals surface area contributed by atoms with Crippen molar-refractivity contribution in [2.45, 2.75) is 20.8 Å². The van der Waals surface area contributed by atoms with Crippen LogP contribution in [0, 0.1) is 0 Å². The average Bonchev–Trinajstić information content (AvgIpc) is 3.61. The molecule has 0 spiro atoms. The van der Waals surface area contributed by atoms with E-state index in [1.165, 1.54) is 11.3 Å². The zero-order valence-corrected chi connectivity index (χ0v) is 22.9. The highest BCUT2D eigenvalue weighted by Gasteiger charge is 2.25. The van der Waals surface area contributed by atoms with Gasteiger partial charge in [-0.1, -0.05) is 49.4 Å². The maximum atomic E-state index is 14.3. The number of hydrogen-bond acceptors (Lipinski definition) is 7. The van der Waals surface area contributed by atoms with E-state index >= 15 is 0 Å². The second kappa shape index (κ2) is 11.4. The Balaban J connectivity index is 1.60. The number of likely N-dealkylation sites (N-methyl/N-ethyl adjacent to an activating group) is 1. The molecule has 6 nitrogen and oxygen atoms in total. The molecule has 0 fully saturated rings.